The molecule has 11 heteroatoms. The number of fused-ring (bicyclic) bond motifs is 1. The van der Waals surface area contributed by atoms with Gasteiger partial charge in [0.1, 0.15) is 28.2 Å². The van der Waals surface area contributed by atoms with Gasteiger partial charge in [-0.1, -0.05) is 6.07 Å². The number of carbonyl (C=O) groups excluding carboxylic acids is 1. The number of aliphatic hydroxyl groups is 1. The van der Waals surface area contributed by atoms with Crippen LogP contribution in [-0.4, -0.2) is 50.8 Å². The van der Waals surface area contributed by atoms with Crippen LogP contribution < -0.4 is 10.2 Å². The molecule has 0 radical (unpaired) electrons. The molecule has 0 aliphatic rings. The largest absolute Gasteiger partial charge is 0.507 e. The summed E-state index contributed by atoms with van der Waals surface area (Å²) in [7, 11) is 2.60. The Morgan fingerprint density at radius 2 is 1.66 bits per heavy atom. The summed E-state index contributed by atoms with van der Waals surface area (Å²) < 4.78 is 16.0. The van der Waals surface area contributed by atoms with E-state index in [0.29, 0.717) is 16.9 Å². The fourth-order valence-corrected chi connectivity index (χ4v) is 4.32. The number of methoxy groups -OCH3 is 2. The van der Waals surface area contributed by atoms with Crippen molar-refractivity contribution < 1.29 is 49.3 Å². The maximum absolute atomic E-state index is 13.2. The third kappa shape index (κ3) is 4.50. The molecule has 11 nitrogen and oxygen atoms in total. The second-order valence-corrected chi connectivity index (χ2v) is 8.41. The fourth-order valence-electron chi connectivity index (χ4n) is 4.32. The molecule has 0 spiro atoms. The van der Waals surface area contributed by atoms with Crippen molar-refractivity contribution in [3.05, 3.63) is 69.4 Å². The number of phenols is 4. The number of aromatic hydroxyl groups is 5. The number of hydrogen-bond acceptors (Lipinski definition) is 11. The predicted octanol–water partition coefficient (Wildman–Crippen LogP) is 3.18. The van der Waals surface area contributed by atoms with Gasteiger partial charge < -0.3 is 44.5 Å². The van der Waals surface area contributed by atoms with E-state index >= 15 is 0 Å². The van der Waals surface area contributed by atoms with Crippen molar-refractivity contribution in [2.24, 2.45) is 0 Å². The number of phenolic OH excluding ortho intramolecular Hbond substituents is 4. The maximum atomic E-state index is 13.2. The predicted molar refractivity (Wildman–Crippen MR) is 134 cm³/mol. The molecule has 198 valence electrons. The molecule has 0 unspecified atom stereocenters. The van der Waals surface area contributed by atoms with Crippen molar-refractivity contribution in [2.75, 3.05) is 14.2 Å². The molecule has 0 fully saturated rings. The molecule has 6 N–H and O–H groups in total. The number of benzene rings is 3. The first-order valence-corrected chi connectivity index (χ1v) is 11.2. The summed E-state index contributed by atoms with van der Waals surface area (Å²) in [6.07, 6.45) is -0.346. The Morgan fingerprint density at radius 3 is 2.29 bits per heavy atom. The topological polar surface area (TPSA) is 187 Å². The van der Waals surface area contributed by atoms with E-state index < -0.39 is 63.8 Å². The molecule has 0 bridgehead atoms. The summed E-state index contributed by atoms with van der Waals surface area (Å²) in [5, 5.41) is 61.0. The first-order valence-electron chi connectivity index (χ1n) is 11.2. The molecule has 1 atom stereocenters. The van der Waals surface area contributed by atoms with Crippen molar-refractivity contribution in [3.63, 3.8) is 0 Å². The van der Waals surface area contributed by atoms with Gasteiger partial charge in [0.25, 0.3) is 0 Å². The lowest BCUT2D eigenvalue weighted by atomic mass is 9.85. The molecule has 0 saturated heterocycles. The SMILES string of the molecule is COC(=O)C[C@@H](c1ccc(OC)c(CO)c1)c1c(O)cc(O)c2c(=O)c(O)c(-c3ccc(O)c(O)c3)oc12. The average molecular weight is 524 g/mol. The highest BCUT2D eigenvalue weighted by molar-refractivity contribution is 5.92. The van der Waals surface area contributed by atoms with Crippen molar-refractivity contribution in [2.45, 2.75) is 18.9 Å². The van der Waals surface area contributed by atoms with Crippen LogP contribution >= 0.6 is 0 Å². The number of ether oxygens (including phenoxy) is 2. The highest BCUT2D eigenvalue weighted by Gasteiger charge is 2.30. The molecule has 4 aromatic rings. The summed E-state index contributed by atoms with van der Waals surface area (Å²) in [5.74, 6) is -4.87. The van der Waals surface area contributed by atoms with Gasteiger partial charge in [0, 0.05) is 28.7 Å². The van der Waals surface area contributed by atoms with Crippen LogP contribution in [0.5, 0.6) is 34.5 Å². The zero-order valence-electron chi connectivity index (χ0n) is 20.3. The van der Waals surface area contributed by atoms with Gasteiger partial charge in [0.2, 0.25) is 11.2 Å². The van der Waals surface area contributed by atoms with Crippen LogP contribution in [0, 0.1) is 0 Å². The van der Waals surface area contributed by atoms with Gasteiger partial charge in [-0.05, 0) is 35.9 Å². The van der Waals surface area contributed by atoms with E-state index in [2.05, 4.69) is 0 Å². The second-order valence-electron chi connectivity index (χ2n) is 8.41. The quantitative estimate of drug-likeness (QED) is 0.154. The number of hydrogen-bond donors (Lipinski definition) is 6. The van der Waals surface area contributed by atoms with Gasteiger partial charge >= 0.3 is 5.97 Å². The Kier molecular flexibility index (Phi) is 7.04. The van der Waals surface area contributed by atoms with Crippen molar-refractivity contribution in [1.29, 1.82) is 0 Å². The van der Waals surface area contributed by atoms with Gasteiger partial charge in [-0.2, -0.15) is 0 Å². The lowest BCUT2D eigenvalue weighted by Gasteiger charge is -2.21. The molecule has 4 rings (SSSR count). The monoisotopic (exact) mass is 524 g/mol. The minimum absolute atomic E-state index is 0.00196. The Bertz CT molecular complexity index is 1600. The molecule has 0 aliphatic heterocycles. The number of rotatable bonds is 7. The van der Waals surface area contributed by atoms with E-state index in [1.165, 1.54) is 20.3 Å². The zero-order chi connectivity index (χ0) is 27.7. The van der Waals surface area contributed by atoms with Crippen LogP contribution in [0.4, 0.5) is 0 Å². The zero-order valence-corrected chi connectivity index (χ0v) is 20.3. The lowest BCUT2D eigenvalue weighted by Crippen LogP contribution is -2.13. The Morgan fingerprint density at radius 1 is 0.921 bits per heavy atom. The molecule has 0 amide bonds. The molecular formula is C27H24O11. The number of esters is 1. The van der Waals surface area contributed by atoms with Gasteiger partial charge in [-0.15, -0.1) is 0 Å². The van der Waals surface area contributed by atoms with E-state index in [1.54, 1.807) is 18.2 Å². The van der Waals surface area contributed by atoms with E-state index in [-0.39, 0.29) is 23.1 Å². The van der Waals surface area contributed by atoms with Gasteiger partial charge in [0.05, 0.1) is 27.2 Å². The molecule has 38 heavy (non-hydrogen) atoms. The smallest absolute Gasteiger partial charge is 0.306 e. The van der Waals surface area contributed by atoms with Crippen LogP contribution in [0.1, 0.15) is 29.0 Å². The Hall–Kier alpha value is -4.90. The van der Waals surface area contributed by atoms with Crippen molar-refractivity contribution in [1.82, 2.24) is 0 Å². The minimum Gasteiger partial charge on any atom is -0.507 e. The van der Waals surface area contributed by atoms with Crippen molar-refractivity contribution >= 4 is 16.9 Å². The lowest BCUT2D eigenvalue weighted by molar-refractivity contribution is -0.140. The fraction of sp³-hybridized carbons (Fsp3) is 0.185. The maximum Gasteiger partial charge on any atom is 0.306 e. The second kappa shape index (κ2) is 10.2. The summed E-state index contributed by atoms with van der Waals surface area (Å²) in [4.78, 5) is 25.6. The van der Waals surface area contributed by atoms with Crippen LogP contribution in [0.2, 0.25) is 0 Å². The van der Waals surface area contributed by atoms with E-state index in [1.807, 2.05) is 0 Å². The highest BCUT2D eigenvalue weighted by Crippen LogP contribution is 2.45. The van der Waals surface area contributed by atoms with Crippen LogP contribution in [0.15, 0.2) is 51.7 Å². The summed E-state index contributed by atoms with van der Waals surface area (Å²) in [6.45, 7) is -0.401. The van der Waals surface area contributed by atoms with Gasteiger partial charge in [-0.3, -0.25) is 9.59 Å². The Balaban J connectivity index is 2.08. The summed E-state index contributed by atoms with van der Waals surface area (Å²) >= 11 is 0. The minimum atomic E-state index is -1.05. The van der Waals surface area contributed by atoms with E-state index in [0.717, 1.165) is 18.2 Å². The normalized spacial score (nSPS) is 11.9. The first-order chi connectivity index (χ1) is 18.1. The Labute approximate surface area is 215 Å². The molecular weight excluding hydrogens is 500 g/mol. The summed E-state index contributed by atoms with van der Waals surface area (Å²) in [6, 6.07) is 9.00. The standard InChI is InChI=1S/C27H24O11/c1-36-20-6-4-12(7-14(20)11-28)15(9-21(33)37-2)22-18(31)10-19(32)23-24(34)25(35)26(38-27(22)23)13-3-5-16(29)17(30)8-13/h3-8,10,15,28-32,35H,9,11H2,1-2H3/t15-/m0/s1. The van der Waals surface area contributed by atoms with Crippen molar-refractivity contribution in [3.8, 4) is 45.8 Å². The molecule has 3 aromatic carbocycles. The number of carbonyl (C=O) groups is 1. The molecule has 1 heterocycles. The molecule has 0 aliphatic carbocycles. The van der Waals surface area contributed by atoms with E-state index in [9.17, 15) is 40.2 Å². The van der Waals surface area contributed by atoms with Gasteiger partial charge in [0.15, 0.2) is 17.3 Å². The average Bonchev–Trinajstić information content (AvgIpc) is 2.90. The third-order valence-corrected chi connectivity index (χ3v) is 6.20. The van der Waals surface area contributed by atoms with Crippen LogP contribution in [0.3, 0.4) is 0 Å². The van der Waals surface area contributed by atoms with E-state index in [4.69, 9.17) is 13.9 Å². The van der Waals surface area contributed by atoms with Crippen LogP contribution in [0.25, 0.3) is 22.3 Å². The molecule has 0 saturated carbocycles. The van der Waals surface area contributed by atoms with Gasteiger partial charge in [-0.25, -0.2) is 0 Å². The first kappa shape index (κ1) is 26.2. The summed E-state index contributed by atoms with van der Waals surface area (Å²) in [5.41, 5.74) is -0.692. The highest BCUT2D eigenvalue weighted by atomic mass is 16.5. The number of aliphatic hydroxyl groups excluding tert-OH is 1. The molecule has 1 aromatic heterocycles. The van der Waals surface area contributed by atoms with Crippen LogP contribution in [-0.2, 0) is 16.1 Å². The third-order valence-electron chi connectivity index (χ3n) is 6.20.